The normalized spacial score (nSPS) is 10.7. The van der Waals surface area contributed by atoms with Gasteiger partial charge >= 0.3 is 0 Å². The van der Waals surface area contributed by atoms with Crippen LogP contribution in [0.3, 0.4) is 0 Å². The van der Waals surface area contributed by atoms with Gasteiger partial charge in [-0.2, -0.15) is 0 Å². The molecule has 3 rings (SSSR count). The average molecular weight is 482 g/mol. The van der Waals surface area contributed by atoms with E-state index in [0.717, 1.165) is 10.4 Å². The molecule has 0 unspecified atom stereocenters. The van der Waals surface area contributed by atoms with Crippen LogP contribution >= 0.6 is 34.5 Å². The molecule has 0 atom stereocenters. The third kappa shape index (κ3) is 6.48. The zero-order valence-corrected chi connectivity index (χ0v) is 19.0. The Kier molecular flexibility index (Phi) is 8.36. The van der Waals surface area contributed by atoms with Crippen molar-refractivity contribution < 1.29 is 14.4 Å². The smallest absolute Gasteiger partial charge is 0.271 e. The maximum absolute atomic E-state index is 10.8. The van der Waals surface area contributed by atoms with Crippen LogP contribution in [0.1, 0.15) is 10.4 Å². The van der Waals surface area contributed by atoms with E-state index in [-0.39, 0.29) is 5.69 Å². The second-order valence-electron chi connectivity index (χ2n) is 6.50. The molecule has 1 aromatic heterocycles. The molecule has 0 fully saturated rings. The van der Waals surface area contributed by atoms with Crippen molar-refractivity contribution in [1.29, 1.82) is 0 Å². The number of hydrogen-bond acceptors (Lipinski definition) is 7. The second-order valence-corrected chi connectivity index (χ2v) is 8.35. The first-order valence-corrected chi connectivity index (χ1v) is 11.0. The minimum absolute atomic E-state index is 0.0395. The third-order valence-electron chi connectivity index (χ3n) is 4.34. The van der Waals surface area contributed by atoms with Gasteiger partial charge in [0.25, 0.3) is 5.69 Å². The van der Waals surface area contributed by atoms with Crippen LogP contribution in [0.4, 0.5) is 11.4 Å². The maximum atomic E-state index is 10.8. The molecule has 0 saturated carbocycles. The van der Waals surface area contributed by atoms with Gasteiger partial charge in [-0.1, -0.05) is 29.3 Å². The molecule has 164 valence electrons. The predicted octanol–water partition coefficient (Wildman–Crippen LogP) is 5.75. The third-order valence-corrected chi connectivity index (χ3v) is 5.78. The van der Waals surface area contributed by atoms with Crippen LogP contribution in [0.15, 0.2) is 47.8 Å². The summed E-state index contributed by atoms with van der Waals surface area (Å²) in [6.45, 7) is 2.24. The zero-order chi connectivity index (χ0) is 22.2. The van der Waals surface area contributed by atoms with E-state index in [4.69, 9.17) is 32.7 Å². The Balaban J connectivity index is 1.50. The second kappa shape index (κ2) is 11.2. The standard InChI is InChI=1S/C21H21Cl2N3O4S/c1-29-20-10-14(9-18(23)21(20)30-13-16-3-2-8-31-16)12-24-6-7-25-19-5-4-15(26(27)28)11-17(19)22/h2-5,8-11,24-25H,6-7,12-13H2,1H3. The van der Waals surface area contributed by atoms with Gasteiger partial charge in [0.2, 0.25) is 0 Å². The number of ether oxygens (including phenoxy) is 2. The van der Waals surface area contributed by atoms with E-state index in [9.17, 15) is 10.1 Å². The molecule has 0 aliphatic carbocycles. The molecule has 2 N–H and O–H groups in total. The van der Waals surface area contributed by atoms with Gasteiger partial charge in [-0.05, 0) is 35.2 Å². The van der Waals surface area contributed by atoms with Crippen molar-refractivity contribution in [1.82, 2.24) is 5.32 Å². The highest BCUT2D eigenvalue weighted by molar-refractivity contribution is 7.09. The van der Waals surface area contributed by atoms with Crippen molar-refractivity contribution in [2.24, 2.45) is 0 Å². The van der Waals surface area contributed by atoms with Crippen LogP contribution in [0.2, 0.25) is 10.0 Å². The van der Waals surface area contributed by atoms with E-state index in [1.807, 2.05) is 29.6 Å². The number of thiophene rings is 1. The van der Waals surface area contributed by atoms with Gasteiger partial charge in [-0.25, -0.2) is 0 Å². The lowest BCUT2D eigenvalue weighted by Crippen LogP contribution is -2.22. The molecule has 0 aliphatic heterocycles. The van der Waals surface area contributed by atoms with Gasteiger partial charge in [0.1, 0.15) is 6.61 Å². The molecule has 10 heteroatoms. The minimum Gasteiger partial charge on any atom is -0.493 e. The van der Waals surface area contributed by atoms with Crippen LogP contribution < -0.4 is 20.1 Å². The van der Waals surface area contributed by atoms with Crippen LogP contribution in [0.25, 0.3) is 0 Å². The molecule has 31 heavy (non-hydrogen) atoms. The lowest BCUT2D eigenvalue weighted by atomic mass is 10.2. The summed E-state index contributed by atoms with van der Waals surface area (Å²) in [4.78, 5) is 11.4. The number of hydrogen-bond donors (Lipinski definition) is 2. The first-order valence-electron chi connectivity index (χ1n) is 9.38. The lowest BCUT2D eigenvalue weighted by Gasteiger charge is -2.14. The van der Waals surface area contributed by atoms with Crippen molar-refractivity contribution in [2.75, 3.05) is 25.5 Å². The quantitative estimate of drug-likeness (QED) is 0.206. The molecule has 0 spiro atoms. The number of methoxy groups -OCH3 is 1. The Morgan fingerprint density at radius 2 is 1.97 bits per heavy atom. The van der Waals surface area contributed by atoms with E-state index in [2.05, 4.69) is 10.6 Å². The number of non-ortho nitro benzene ring substituents is 1. The number of benzene rings is 2. The summed E-state index contributed by atoms with van der Waals surface area (Å²) in [5, 5.41) is 20.0. The van der Waals surface area contributed by atoms with Crippen molar-refractivity contribution in [3.8, 4) is 11.5 Å². The Labute approximate surface area is 194 Å². The van der Waals surface area contributed by atoms with Crippen LogP contribution in [0.5, 0.6) is 11.5 Å². The number of rotatable bonds is 11. The topological polar surface area (TPSA) is 85.7 Å². The fourth-order valence-electron chi connectivity index (χ4n) is 2.83. The number of halogens is 2. The summed E-state index contributed by atoms with van der Waals surface area (Å²) in [7, 11) is 1.58. The van der Waals surface area contributed by atoms with Crippen molar-refractivity contribution in [2.45, 2.75) is 13.2 Å². The summed E-state index contributed by atoms with van der Waals surface area (Å²) in [5.41, 5.74) is 1.56. The van der Waals surface area contributed by atoms with E-state index in [1.165, 1.54) is 12.1 Å². The number of nitrogens with zero attached hydrogens (tertiary/aromatic N) is 1. The molecule has 0 aliphatic rings. The molecular weight excluding hydrogens is 461 g/mol. The number of anilines is 1. The molecule has 0 saturated heterocycles. The average Bonchev–Trinajstić information content (AvgIpc) is 3.26. The summed E-state index contributed by atoms with van der Waals surface area (Å²) >= 11 is 14.1. The predicted molar refractivity (Wildman–Crippen MR) is 125 cm³/mol. The first kappa shape index (κ1) is 23.1. The highest BCUT2D eigenvalue weighted by atomic mass is 35.5. The Morgan fingerprint density at radius 3 is 2.65 bits per heavy atom. The lowest BCUT2D eigenvalue weighted by molar-refractivity contribution is -0.384. The SMILES string of the molecule is COc1cc(CNCCNc2ccc([N+](=O)[O-])cc2Cl)cc(Cl)c1OCc1cccs1. The van der Waals surface area contributed by atoms with E-state index < -0.39 is 4.92 Å². The molecule has 0 radical (unpaired) electrons. The summed E-state index contributed by atoms with van der Waals surface area (Å²) in [6.07, 6.45) is 0. The molecule has 0 bridgehead atoms. The van der Waals surface area contributed by atoms with Gasteiger partial charge in [-0.15, -0.1) is 11.3 Å². The molecular formula is C21H21Cl2N3O4S. The number of nitrogens with one attached hydrogen (secondary N) is 2. The van der Waals surface area contributed by atoms with Gasteiger partial charge in [0.15, 0.2) is 11.5 Å². The highest BCUT2D eigenvalue weighted by Crippen LogP contribution is 2.37. The fraction of sp³-hybridized carbons (Fsp3) is 0.238. The van der Waals surface area contributed by atoms with E-state index in [0.29, 0.717) is 53.5 Å². The fourth-order valence-corrected chi connectivity index (χ4v) is 3.98. The summed E-state index contributed by atoms with van der Waals surface area (Å²) < 4.78 is 11.3. The maximum Gasteiger partial charge on any atom is 0.271 e. The Hall–Kier alpha value is -2.52. The van der Waals surface area contributed by atoms with Crippen LogP contribution in [0, 0.1) is 10.1 Å². The van der Waals surface area contributed by atoms with Crippen LogP contribution in [-0.2, 0) is 13.2 Å². The van der Waals surface area contributed by atoms with Gasteiger partial charge in [0, 0.05) is 36.6 Å². The molecule has 2 aromatic carbocycles. The van der Waals surface area contributed by atoms with E-state index >= 15 is 0 Å². The summed E-state index contributed by atoms with van der Waals surface area (Å²) in [5.74, 6) is 1.10. The molecule has 0 amide bonds. The van der Waals surface area contributed by atoms with Crippen molar-refractivity contribution in [3.63, 3.8) is 0 Å². The van der Waals surface area contributed by atoms with Gasteiger partial charge < -0.3 is 20.1 Å². The van der Waals surface area contributed by atoms with Crippen LogP contribution in [-0.4, -0.2) is 25.1 Å². The van der Waals surface area contributed by atoms with Gasteiger partial charge in [0.05, 0.1) is 27.8 Å². The molecule has 7 nitrogen and oxygen atoms in total. The summed E-state index contributed by atoms with van der Waals surface area (Å²) in [6, 6.07) is 12.1. The highest BCUT2D eigenvalue weighted by Gasteiger charge is 2.13. The number of nitro benzene ring substituents is 1. The largest absolute Gasteiger partial charge is 0.493 e. The zero-order valence-electron chi connectivity index (χ0n) is 16.7. The van der Waals surface area contributed by atoms with Gasteiger partial charge in [-0.3, -0.25) is 10.1 Å². The molecule has 3 aromatic rings. The Morgan fingerprint density at radius 1 is 1.13 bits per heavy atom. The first-order chi connectivity index (χ1) is 15.0. The van der Waals surface area contributed by atoms with Crippen molar-refractivity contribution in [3.05, 3.63) is 78.4 Å². The number of nitro groups is 1. The minimum atomic E-state index is -0.477. The molecule has 1 heterocycles. The monoisotopic (exact) mass is 481 g/mol. The van der Waals surface area contributed by atoms with Crippen molar-refractivity contribution >= 4 is 45.9 Å². The Bertz CT molecular complexity index is 1030. The van der Waals surface area contributed by atoms with E-state index in [1.54, 1.807) is 24.5 Å².